The summed E-state index contributed by atoms with van der Waals surface area (Å²) in [5.74, 6) is -0.0733. The van der Waals surface area contributed by atoms with Gasteiger partial charge in [0.15, 0.2) is 0 Å². The molecule has 1 heterocycles. The molecule has 1 saturated heterocycles. The van der Waals surface area contributed by atoms with Gasteiger partial charge in [-0.15, -0.1) is 0 Å². The van der Waals surface area contributed by atoms with E-state index in [0.717, 1.165) is 13.1 Å². The normalized spacial score (nSPS) is 16.8. The molecule has 20 heavy (non-hydrogen) atoms. The maximum atomic E-state index is 11.9. The van der Waals surface area contributed by atoms with Crippen molar-refractivity contribution in [2.75, 3.05) is 24.5 Å². The van der Waals surface area contributed by atoms with Crippen molar-refractivity contribution in [3.05, 3.63) is 29.8 Å². The second-order valence-corrected chi connectivity index (χ2v) is 5.49. The van der Waals surface area contributed by atoms with Gasteiger partial charge in [0.25, 0.3) is 5.91 Å². The third-order valence-corrected chi connectivity index (χ3v) is 3.70. The number of benzene rings is 1. The van der Waals surface area contributed by atoms with E-state index in [1.807, 2.05) is 24.3 Å². The van der Waals surface area contributed by atoms with Crippen LogP contribution in [-0.2, 0) is 0 Å². The zero-order valence-corrected chi connectivity index (χ0v) is 12.1. The SMILES string of the molecule is CC(O)CCNC(=O)c1ccc(N2CCCCC2)cc1. The molecule has 0 saturated carbocycles. The molecule has 0 bridgehead atoms. The molecule has 110 valence electrons. The number of hydrogen-bond acceptors (Lipinski definition) is 3. The van der Waals surface area contributed by atoms with Crippen molar-refractivity contribution in [2.45, 2.75) is 38.7 Å². The van der Waals surface area contributed by atoms with E-state index in [0.29, 0.717) is 18.5 Å². The number of nitrogens with zero attached hydrogens (tertiary/aromatic N) is 1. The van der Waals surface area contributed by atoms with Gasteiger partial charge in [0.05, 0.1) is 6.10 Å². The molecule has 4 nitrogen and oxygen atoms in total. The molecule has 1 aliphatic heterocycles. The molecular weight excluding hydrogens is 252 g/mol. The van der Waals surface area contributed by atoms with E-state index >= 15 is 0 Å². The van der Waals surface area contributed by atoms with E-state index in [1.54, 1.807) is 6.92 Å². The predicted molar refractivity (Wildman–Crippen MR) is 81.1 cm³/mol. The number of amides is 1. The molecule has 2 N–H and O–H groups in total. The standard InChI is InChI=1S/C16H24N2O2/c1-13(19)9-10-17-16(20)14-5-7-15(8-6-14)18-11-3-2-4-12-18/h5-8,13,19H,2-4,9-12H2,1H3,(H,17,20). The fraction of sp³-hybridized carbons (Fsp3) is 0.562. The van der Waals surface area contributed by atoms with Crippen molar-refractivity contribution in [3.63, 3.8) is 0 Å². The average molecular weight is 276 g/mol. The van der Waals surface area contributed by atoms with Crippen molar-refractivity contribution < 1.29 is 9.90 Å². The number of carbonyl (C=O) groups is 1. The predicted octanol–water partition coefficient (Wildman–Crippen LogP) is 2.18. The van der Waals surface area contributed by atoms with Crippen LogP contribution in [0, 0.1) is 0 Å². The number of nitrogens with one attached hydrogen (secondary N) is 1. The lowest BCUT2D eigenvalue weighted by Gasteiger charge is -2.28. The summed E-state index contributed by atoms with van der Waals surface area (Å²) >= 11 is 0. The van der Waals surface area contributed by atoms with E-state index in [4.69, 9.17) is 5.11 Å². The van der Waals surface area contributed by atoms with Gasteiger partial charge >= 0.3 is 0 Å². The van der Waals surface area contributed by atoms with Crippen molar-refractivity contribution in [3.8, 4) is 0 Å². The summed E-state index contributed by atoms with van der Waals surface area (Å²) < 4.78 is 0. The Hall–Kier alpha value is -1.55. The first-order chi connectivity index (χ1) is 9.66. The number of rotatable bonds is 5. The highest BCUT2D eigenvalue weighted by atomic mass is 16.3. The molecule has 0 radical (unpaired) electrons. The maximum Gasteiger partial charge on any atom is 0.251 e. The quantitative estimate of drug-likeness (QED) is 0.866. The van der Waals surface area contributed by atoms with Gasteiger partial charge in [-0.2, -0.15) is 0 Å². The number of aliphatic hydroxyl groups excluding tert-OH is 1. The monoisotopic (exact) mass is 276 g/mol. The first-order valence-corrected chi connectivity index (χ1v) is 7.48. The van der Waals surface area contributed by atoms with Gasteiger partial charge < -0.3 is 15.3 Å². The number of carbonyl (C=O) groups excluding carboxylic acids is 1. The van der Waals surface area contributed by atoms with Crippen LogP contribution in [0.1, 0.15) is 43.0 Å². The number of piperidine rings is 1. The smallest absolute Gasteiger partial charge is 0.251 e. The van der Waals surface area contributed by atoms with Crippen LogP contribution in [-0.4, -0.2) is 36.8 Å². The molecule has 1 fully saturated rings. The van der Waals surface area contributed by atoms with E-state index in [1.165, 1.54) is 24.9 Å². The molecule has 4 heteroatoms. The van der Waals surface area contributed by atoms with Gasteiger partial charge in [-0.3, -0.25) is 4.79 Å². The Morgan fingerprint density at radius 3 is 2.50 bits per heavy atom. The van der Waals surface area contributed by atoms with Crippen molar-refractivity contribution in [1.29, 1.82) is 0 Å². The molecule has 0 aromatic heterocycles. The van der Waals surface area contributed by atoms with Gasteiger partial charge in [0, 0.05) is 30.9 Å². The molecule has 1 aromatic rings. The van der Waals surface area contributed by atoms with E-state index in [9.17, 15) is 4.79 Å². The van der Waals surface area contributed by atoms with Crippen LogP contribution in [0.15, 0.2) is 24.3 Å². The summed E-state index contributed by atoms with van der Waals surface area (Å²) in [6.45, 7) is 4.45. The molecule has 0 spiro atoms. The van der Waals surface area contributed by atoms with Crippen LogP contribution >= 0.6 is 0 Å². The summed E-state index contributed by atoms with van der Waals surface area (Å²) in [4.78, 5) is 14.3. The maximum absolute atomic E-state index is 11.9. The highest BCUT2D eigenvalue weighted by Gasteiger charge is 2.11. The highest BCUT2D eigenvalue weighted by Crippen LogP contribution is 2.20. The Labute approximate surface area is 120 Å². The van der Waals surface area contributed by atoms with Crippen LogP contribution in [0.25, 0.3) is 0 Å². The zero-order valence-electron chi connectivity index (χ0n) is 12.1. The average Bonchev–Trinajstić information content (AvgIpc) is 2.48. The largest absolute Gasteiger partial charge is 0.393 e. The van der Waals surface area contributed by atoms with E-state index in [-0.39, 0.29) is 12.0 Å². The minimum absolute atomic E-state index is 0.0733. The zero-order chi connectivity index (χ0) is 14.4. The topological polar surface area (TPSA) is 52.6 Å². The van der Waals surface area contributed by atoms with E-state index in [2.05, 4.69) is 10.2 Å². The number of hydrogen-bond donors (Lipinski definition) is 2. The minimum Gasteiger partial charge on any atom is -0.393 e. The summed E-state index contributed by atoms with van der Waals surface area (Å²) in [7, 11) is 0. The first-order valence-electron chi connectivity index (χ1n) is 7.48. The Bertz CT molecular complexity index is 423. The number of aliphatic hydroxyl groups is 1. The van der Waals surface area contributed by atoms with Crippen molar-refractivity contribution in [2.24, 2.45) is 0 Å². The van der Waals surface area contributed by atoms with Crippen LogP contribution in [0.4, 0.5) is 5.69 Å². The molecule has 1 amide bonds. The lowest BCUT2D eigenvalue weighted by atomic mass is 10.1. The van der Waals surface area contributed by atoms with Gasteiger partial charge in [-0.05, 0) is 56.9 Å². The lowest BCUT2D eigenvalue weighted by molar-refractivity contribution is 0.0945. The molecule has 1 unspecified atom stereocenters. The third-order valence-electron chi connectivity index (χ3n) is 3.70. The second kappa shape index (κ2) is 7.29. The first kappa shape index (κ1) is 14.9. The molecule has 2 rings (SSSR count). The molecular formula is C16H24N2O2. The highest BCUT2D eigenvalue weighted by molar-refractivity contribution is 5.94. The molecule has 1 atom stereocenters. The van der Waals surface area contributed by atoms with Crippen molar-refractivity contribution >= 4 is 11.6 Å². The van der Waals surface area contributed by atoms with E-state index < -0.39 is 0 Å². The molecule has 1 aliphatic rings. The minimum atomic E-state index is -0.378. The van der Waals surface area contributed by atoms with Gasteiger partial charge in [0.2, 0.25) is 0 Å². The fourth-order valence-corrected chi connectivity index (χ4v) is 2.47. The summed E-state index contributed by atoms with van der Waals surface area (Å²) in [5, 5.41) is 12.0. The van der Waals surface area contributed by atoms with Gasteiger partial charge in [0.1, 0.15) is 0 Å². The van der Waals surface area contributed by atoms with Crippen LogP contribution < -0.4 is 10.2 Å². The van der Waals surface area contributed by atoms with Gasteiger partial charge in [-0.25, -0.2) is 0 Å². The number of anilines is 1. The summed E-state index contributed by atoms with van der Waals surface area (Å²) in [6, 6.07) is 7.80. The Morgan fingerprint density at radius 1 is 1.25 bits per heavy atom. The second-order valence-electron chi connectivity index (χ2n) is 5.49. The Balaban J connectivity index is 1.88. The fourth-order valence-electron chi connectivity index (χ4n) is 2.47. The van der Waals surface area contributed by atoms with Crippen LogP contribution in [0.2, 0.25) is 0 Å². The summed E-state index contributed by atoms with van der Waals surface area (Å²) in [5.41, 5.74) is 1.88. The van der Waals surface area contributed by atoms with Gasteiger partial charge in [-0.1, -0.05) is 0 Å². The third kappa shape index (κ3) is 4.23. The molecule has 1 aromatic carbocycles. The van der Waals surface area contributed by atoms with Crippen LogP contribution in [0.3, 0.4) is 0 Å². The summed E-state index contributed by atoms with van der Waals surface area (Å²) in [6.07, 6.45) is 4.03. The Kier molecular flexibility index (Phi) is 5.41. The van der Waals surface area contributed by atoms with Crippen molar-refractivity contribution in [1.82, 2.24) is 5.32 Å². The lowest BCUT2D eigenvalue weighted by Crippen LogP contribution is -2.29. The van der Waals surface area contributed by atoms with Crippen LogP contribution in [0.5, 0.6) is 0 Å². The Morgan fingerprint density at radius 2 is 1.90 bits per heavy atom. The molecule has 0 aliphatic carbocycles.